The number of amides is 1. The van der Waals surface area contributed by atoms with Gasteiger partial charge in [0.15, 0.2) is 23.2 Å². The average molecular weight is 501 g/mol. The van der Waals surface area contributed by atoms with Crippen molar-refractivity contribution in [1.29, 1.82) is 0 Å². The molecular weight excluding hydrogens is 481 g/mol. The van der Waals surface area contributed by atoms with E-state index in [0.29, 0.717) is 16.2 Å². The van der Waals surface area contributed by atoms with Gasteiger partial charge in [-0.25, -0.2) is 4.68 Å². The number of benzene rings is 1. The maximum atomic E-state index is 13.9. The Hall–Kier alpha value is -3.54. The first-order chi connectivity index (χ1) is 16.2. The van der Waals surface area contributed by atoms with Crippen molar-refractivity contribution < 1.29 is 36.6 Å². The van der Waals surface area contributed by atoms with Crippen LogP contribution in [0.2, 0.25) is 5.02 Å². The number of rotatable bonds is 6. The number of ether oxygens (including phenoxy) is 3. The molecule has 0 saturated heterocycles. The van der Waals surface area contributed by atoms with Gasteiger partial charge in [-0.05, 0) is 12.1 Å². The average Bonchev–Trinajstić information content (AvgIpc) is 3.45. The standard InChI is InChI=1S/C21H20ClF3N4O5/c1-31-13-7-10(8-14(32-2)18(13)33-3)26-20(30)17-16(22)19-27-11(12-5-4-6-34-12)9-15(21(23,24)25)29(19)28-17/h4-8,11,15,27H,9H2,1-3H3,(H,26,30). The molecule has 0 spiro atoms. The van der Waals surface area contributed by atoms with Crippen molar-refractivity contribution >= 4 is 29.0 Å². The highest BCUT2D eigenvalue weighted by atomic mass is 35.5. The van der Waals surface area contributed by atoms with E-state index in [2.05, 4.69) is 15.7 Å². The summed E-state index contributed by atoms with van der Waals surface area (Å²) in [6.45, 7) is 0. The molecule has 0 saturated carbocycles. The number of aromatic nitrogens is 2. The molecule has 1 aliphatic heterocycles. The molecule has 1 aliphatic rings. The summed E-state index contributed by atoms with van der Waals surface area (Å²) in [5.41, 5.74) is -0.150. The maximum Gasteiger partial charge on any atom is 0.410 e. The molecule has 3 heterocycles. The minimum Gasteiger partial charge on any atom is -0.493 e. The van der Waals surface area contributed by atoms with Crippen molar-refractivity contribution in [2.75, 3.05) is 32.0 Å². The highest BCUT2D eigenvalue weighted by Crippen LogP contribution is 2.46. The fraction of sp³-hybridized carbons (Fsp3) is 0.333. The number of carbonyl (C=O) groups excluding carboxylic acids is 1. The van der Waals surface area contributed by atoms with Gasteiger partial charge in [-0.3, -0.25) is 4.79 Å². The highest BCUT2D eigenvalue weighted by Gasteiger charge is 2.48. The van der Waals surface area contributed by atoms with Gasteiger partial charge in [-0.1, -0.05) is 11.6 Å². The van der Waals surface area contributed by atoms with E-state index in [1.54, 1.807) is 12.1 Å². The molecule has 0 fully saturated rings. The molecule has 1 amide bonds. The number of alkyl halides is 3. The third-order valence-electron chi connectivity index (χ3n) is 5.32. The second-order valence-corrected chi connectivity index (χ2v) is 7.71. The number of furan rings is 1. The van der Waals surface area contributed by atoms with Gasteiger partial charge >= 0.3 is 6.18 Å². The lowest BCUT2D eigenvalue weighted by molar-refractivity contribution is -0.174. The molecule has 0 radical (unpaired) electrons. The predicted molar refractivity (Wildman–Crippen MR) is 116 cm³/mol. The zero-order valence-electron chi connectivity index (χ0n) is 18.2. The Morgan fingerprint density at radius 2 is 1.91 bits per heavy atom. The van der Waals surface area contributed by atoms with Gasteiger partial charge in [0, 0.05) is 24.2 Å². The van der Waals surface area contributed by atoms with Crippen molar-refractivity contribution in [2.45, 2.75) is 24.7 Å². The van der Waals surface area contributed by atoms with Crippen LogP contribution in [0.15, 0.2) is 34.9 Å². The SMILES string of the molecule is COc1cc(NC(=O)c2nn3c(c2Cl)NC(c2ccco2)CC3C(F)(F)F)cc(OC)c1OC. The molecule has 34 heavy (non-hydrogen) atoms. The van der Waals surface area contributed by atoms with Crippen LogP contribution in [-0.4, -0.2) is 43.2 Å². The number of halogens is 4. The number of hydrogen-bond donors (Lipinski definition) is 2. The number of nitrogens with zero attached hydrogens (tertiary/aromatic N) is 2. The van der Waals surface area contributed by atoms with E-state index < -0.39 is 30.6 Å². The maximum absolute atomic E-state index is 13.9. The first kappa shape index (κ1) is 23.6. The Morgan fingerprint density at radius 3 is 2.44 bits per heavy atom. The van der Waals surface area contributed by atoms with Crippen molar-refractivity contribution in [2.24, 2.45) is 0 Å². The van der Waals surface area contributed by atoms with Crippen LogP contribution >= 0.6 is 11.6 Å². The zero-order valence-corrected chi connectivity index (χ0v) is 19.0. The summed E-state index contributed by atoms with van der Waals surface area (Å²) in [7, 11) is 4.23. The molecule has 1 aromatic carbocycles. The molecule has 2 N–H and O–H groups in total. The van der Waals surface area contributed by atoms with Crippen molar-refractivity contribution in [3.05, 3.63) is 47.0 Å². The molecule has 13 heteroatoms. The van der Waals surface area contributed by atoms with Gasteiger partial charge in [-0.15, -0.1) is 0 Å². The molecule has 9 nitrogen and oxygen atoms in total. The summed E-state index contributed by atoms with van der Waals surface area (Å²) < 4.78 is 63.3. The zero-order chi connectivity index (χ0) is 24.6. The first-order valence-corrected chi connectivity index (χ1v) is 10.3. The van der Waals surface area contributed by atoms with Crippen LogP contribution < -0.4 is 24.8 Å². The number of anilines is 2. The number of carbonyl (C=O) groups is 1. The van der Waals surface area contributed by atoms with Gasteiger partial charge in [0.1, 0.15) is 16.6 Å². The molecule has 4 rings (SSSR count). The largest absolute Gasteiger partial charge is 0.493 e. The fourth-order valence-corrected chi connectivity index (χ4v) is 4.02. The van der Waals surface area contributed by atoms with E-state index in [1.165, 1.54) is 39.7 Å². The summed E-state index contributed by atoms with van der Waals surface area (Å²) >= 11 is 6.34. The van der Waals surface area contributed by atoms with Crippen LogP contribution in [0.5, 0.6) is 17.2 Å². The van der Waals surface area contributed by atoms with Crippen LogP contribution in [0.3, 0.4) is 0 Å². The smallest absolute Gasteiger partial charge is 0.410 e. The minimum atomic E-state index is -4.64. The quantitative estimate of drug-likeness (QED) is 0.487. The van der Waals surface area contributed by atoms with Crippen molar-refractivity contribution in [3.8, 4) is 17.2 Å². The summed E-state index contributed by atoms with van der Waals surface area (Å²) in [6.07, 6.45) is -3.67. The number of nitrogens with one attached hydrogen (secondary N) is 2. The van der Waals surface area contributed by atoms with E-state index in [4.69, 9.17) is 30.2 Å². The Labute approximate surface area is 196 Å². The van der Waals surface area contributed by atoms with Crippen molar-refractivity contribution in [3.63, 3.8) is 0 Å². The van der Waals surface area contributed by atoms with Gasteiger partial charge in [0.05, 0.1) is 33.6 Å². The third kappa shape index (κ3) is 4.20. The van der Waals surface area contributed by atoms with Crippen molar-refractivity contribution in [1.82, 2.24) is 9.78 Å². The van der Waals surface area contributed by atoms with Gasteiger partial charge in [-0.2, -0.15) is 18.3 Å². The lowest BCUT2D eigenvalue weighted by Crippen LogP contribution is -2.35. The van der Waals surface area contributed by atoms with Crippen LogP contribution in [0, 0.1) is 0 Å². The number of fused-ring (bicyclic) bond motifs is 1. The number of hydrogen-bond acceptors (Lipinski definition) is 7. The van der Waals surface area contributed by atoms with E-state index in [9.17, 15) is 18.0 Å². The highest BCUT2D eigenvalue weighted by molar-refractivity contribution is 6.36. The minimum absolute atomic E-state index is 0.133. The summed E-state index contributed by atoms with van der Waals surface area (Å²) in [6, 6.07) is 3.24. The monoisotopic (exact) mass is 500 g/mol. The Balaban J connectivity index is 1.69. The molecule has 2 aromatic heterocycles. The molecule has 3 aromatic rings. The topological polar surface area (TPSA) is 99.8 Å². The molecule has 0 bridgehead atoms. The Kier molecular flexibility index (Phi) is 6.26. The summed E-state index contributed by atoms with van der Waals surface area (Å²) in [5.74, 6) is 0.200. The molecule has 2 unspecified atom stereocenters. The fourth-order valence-electron chi connectivity index (χ4n) is 3.75. The van der Waals surface area contributed by atoms with E-state index in [1.807, 2.05) is 0 Å². The van der Waals surface area contributed by atoms with E-state index in [-0.39, 0.29) is 33.7 Å². The normalized spacial score (nSPS) is 17.5. The summed E-state index contributed by atoms with van der Waals surface area (Å²) in [4.78, 5) is 13.0. The summed E-state index contributed by atoms with van der Waals surface area (Å²) in [5, 5.41) is 9.10. The van der Waals surface area contributed by atoms with Gasteiger partial charge in [0.25, 0.3) is 5.91 Å². The van der Waals surface area contributed by atoms with Gasteiger partial charge < -0.3 is 29.3 Å². The molecule has 0 aliphatic carbocycles. The van der Waals surface area contributed by atoms with Crippen LogP contribution in [0.1, 0.15) is 34.8 Å². The predicted octanol–water partition coefficient (Wildman–Crippen LogP) is 5.07. The van der Waals surface area contributed by atoms with E-state index in [0.717, 1.165) is 0 Å². The van der Waals surface area contributed by atoms with E-state index >= 15 is 0 Å². The lowest BCUT2D eigenvalue weighted by Gasteiger charge is -2.32. The van der Waals surface area contributed by atoms with Gasteiger partial charge in [0.2, 0.25) is 5.75 Å². The van der Waals surface area contributed by atoms with Crippen LogP contribution in [0.25, 0.3) is 0 Å². The number of methoxy groups -OCH3 is 3. The van der Waals surface area contributed by atoms with Crippen LogP contribution in [-0.2, 0) is 0 Å². The Bertz CT molecular complexity index is 1170. The molecule has 182 valence electrons. The Morgan fingerprint density at radius 1 is 1.24 bits per heavy atom. The third-order valence-corrected chi connectivity index (χ3v) is 5.68. The molecular formula is C21H20ClF3N4O5. The lowest BCUT2D eigenvalue weighted by atomic mass is 10.0. The first-order valence-electron chi connectivity index (χ1n) is 9.93. The second kappa shape index (κ2) is 9.01. The van der Waals surface area contributed by atoms with Crippen LogP contribution in [0.4, 0.5) is 24.7 Å². The second-order valence-electron chi connectivity index (χ2n) is 7.33. The molecule has 2 atom stereocenters.